The second-order valence-electron chi connectivity index (χ2n) is 7.96. The van der Waals surface area contributed by atoms with E-state index in [2.05, 4.69) is 43.4 Å². The maximum Gasteiger partial charge on any atom is 0.258 e. The average Bonchev–Trinajstić information content (AvgIpc) is 2.77. The summed E-state index contributed by atoms with van der Waals surface area (Å²) in [5, 5.41) is 3.05. The summed E-state index contributed by atoms with van der Waals surface area (Å²) in [4.78, 5) is 26.7. The molecule has 0 spiro atoms. The zero-order valence-corrected chi connectivity index (χ0v) is 18.0. The number of ether oxygens (including phenoxy) is 1. The number of carbonyl (C=O) groups excluding carboxylic acids is 2. The molecule has 0 bridgehead atoms. The lowest BCUT2D eigenvalue weighted by molar-refractivity contribution is -0.132. The molecule has 1 heterocycles. The van der Waals surface area contributed by atoms with E-state index >= 15 is 0 Å². The maximum atomic E-state index is 12.5. The van der Waals surface area contributed by atoms with Crippen molar-refractivity contribution < 1.29 is 14.3 Å². The molecule has 2 amide bonds. The van der Waals surface area contributed by atoms with Gasteiger partial charge in [0.2, 0.25) is 5.91 Å². The van der Waals surface area contributed by atoms with Crippen LogP contribution in [0.4, 0.5) is 0 Å². The Morgan fingerprint density at radius 2 is 1.77 bits per heavy atom. The number of nitrogens with one attached hydrogen (secondary N) is 1. The molecule has 0 aliphatic carbocycles. The molecule has 1 aliphatic rings. The molecular formula is C25H32N2O3. The van der Waals surface area contributed by atoms with Crippen LogP contribution in [0.15, 0.2) is 48.5 Å². The van der Waals surface area contributed by atoms with Crippen molar-refractivity contribution in [1.82, 2.24) is 10.2 Å². The molecule has 160 valence electrons. The van der Waals surface area contributed by atoms with Crippen molar-refractivity contribution in [3.8, 4) is 5.75 Å². The van der Waals surface area contributed by atoms with Crippen LogP contribution < -0.4 is 10.1 Å². The predicted octanol–water partition coefficient (Wildman–Crippen LogP) is 3.68. The van der Waals surface area contributed by atoms with Crippen LogP contribution in [-0.4, -0.2) is 42.5 Å². The van der Waals surface area contributed by atoms with E-state index in [0.29, 0.717) is 19.5 Å². The van der Waals surface area contributed by atoms with Crippen molar-refractivity contribution in [3.63, 3.8) is 0 Å². The molecule has 5 heteroatoms. The molecule has 0 atom stereocenters. The largest absolute Gasteiger partial charge is 0.483 e. The fourth-order valence-electron chi connectivity index (χ4n) is 3.79. The first-order chi connectivity index (χ1) is 14.5. The molecular weight excluding hydrogens is 376 g/mol. The Hall–Kier alpha value is -2.82. The fraction of sp³-hybridized carbons (Fsp3) is 0.440. The molecule has 1 saturated heterocycles. The van der Waals surface area contributed by atoms with Crippen LogP contribution in [0.1, 0.15) is 42.9 Å². The van der Waals surface area contributed by atoms with Crippen molar-refractivity contribution >= 4 is 11.8 Å². The first-order valence-electron chi connectivity index (χ1n) is 10.9. The second-order valence-corrected chi connectivity index (χ2v) is 7.96. The molecule has 3 rings (SSSR count). The van der Waals surface area contributed by atoms with Crippen LogP contribution in [0, 0.1) is 6.92 Å². The van der Waals surface area contributed by atoms with Gasteiger partial charge in [0.15, 0.2) is 6.61 Å². The van der Waals surface area contributed by atoms with E-state index in [4.69, 9.17) is 4.74 Å². The summed E-state index contributed by atoms with van der Waals surface area (Å²) in [5.74, 6) is 0.856. The number of likely N-dealkylation sites (tertiary alicyclic amines) is 1. The van der Waals surface area contributed by atoms with Crippen molar-refractivity contribution in [3.05, 3.63) is 65.2 Å². The van der Waals surface area contributed by atoms with Gasteiger partial charge in [-0.1, -0.05) is 55.0 Å². The van der Waals surface area contributed by atoms with Crippen molar-refractivity contribution in [2.75, 3.05) is 19.7 Å². The van der Waals surface area contributed by atoms with E-state index in [1.54, 1.807) is 0 Å². The summed E-state index contributed by atoms with van der Waals surface area (Å²) < 4.78 is 5.70. The van der Waals surface area contributed by atoms with Crippen molar-refractivity contribution in [2.24, 2.45) is 0 Å². The van der Waals surface area contributed by atoms with E-state index in [-0.39, 0.29) is 24.5 Å². The Balaban J connectivity index is 1.36. The highest BCUT2D eigenvalue weighted by atomic mass is 16.5. The Kier molecular flexibility index (Phi) is 7.89. The summed E-state index contributed by atoms with van der Waals surface area (Å²) in [6.45, 7) is 5.54. The number of amides is 2. The minimum absolute atomic E-state index is 0.0205. The van der Waals surface area contributed by atoms with Crippen LogP contribution in [0.5, 0.6) is 5.75 Å². The van der Waals surface area contributed by atoms with Gasteiger partial charge in [0.25, 0.3) is 5.91 Å². The fourth-order valence-corrected chi connectivity index (χ4v) is 3.79. The maximum absolute atomic E-state index is 12.5. The van der Waals surface area contributed by atoms with Gasteiger partial charge in [0, 0.05) is 25.6 Å². The third-order valence-electron chi connectivity index (χ3n) is 5.67. The lowest BCUT2D eigenvalue weighted by atomic mass is 10.0. The summed E-state index contributed by atoms with van der Waals surface area (Å²) in [7, 11) is 0. The Labute approximate surface area is 179 Å². The van der Waals surface area contributed by atoms with Crippen molar-refractivity contribution in [1.29, 1.82) is 0 Å². The molecule has 1 N–H and O–H groups in total. The first-order valence-corrected chi connectivity index (χ1v) is 10.9. The van der Waals surface area contributed by atoms with Crippen molar-refractivity contribution in [2.45, 2.75) is 52.0 Å². The Morgan fingerprint density at radius 3 is 2.47 bits per heavy atom. The van der Waals surface area contributed by atoms with Crippen LogP contribution in [0.2, 0.25) is 0 Å². The van der Waals surface area contributed by atoms with Gasteiger partial charge in [-0.15, -0.1) is 0 Å². The third kappa shape index (κ3) is 6.34. The molecule has 2 aromatic rings. The Morgan fingerprint density at radius 1 is 1.07 bits per heavy atom. The number of carbonyl (C=O) groups is 2. The van der Waals surface area contributed by atoms with E-state index in [1.165, 1.54) is 11.1 Å². The number of benzene rings is 2. The quantitative estimate of drug-likeness (QED) is 0.725. The van der Waals surface area contributed by atoms with Crippen LogP contribution in [-0.2, 0) is 22.4 Å². The van der Waals surface area contributed by atoms with Gasteiger partial charge in [-0.3, -0.25) is 9.59 Å². The Bertz CT molecular complexity index is 840. The minimum Gasteiger partial charge on any atom is -0.483 e. The smallest absolute Gasteiger partial charge is 0.258 e. The summed E-state index contributed by atoms with van der Waals surface area (Å²) in [5.41, 5.74) is 3.53. The van der Waals surface area contributed by atoms with E-state index < -0.39 is 0 Å². The lowest BCUT2D eigenvalue weighted by Gasteiger charge is -2.32. The van der Waals surface area contributed by atoms with E-state index in [0.717, 1.165) is 37.0 Å². The number of hydrogen-bond acceptors (Lipinski definition) is 3. The second kappa shape index (κ2) is 10.8. The van der Waals surface area contributed by atoms with Gasteiger partial charge in [-0.25, -0.2) is 0 Å². The first kappa shape index (κ1) is 21.9. The van der Waals surface area contributed by atoms with Gasteiger partial charge in [0.1, 0.15) is 5.75 Å². The molecule has 1 aliphatic heterocycles. The van der Waals surface area contributed by atoms with Gasteiger partial charge in [-0.2, -0.15) is 0 Å². The highest BCUT2D eigenvalue weighted by Gasteiger charge is 2.23. The number of para-hydroxylation sites is 1. The van der Waals surface area contributed by atoms with Crippen LogP contribution in [0.25, 0.3) is 0 Å². The van der Waals surface area contributed by atoms with Gasteiger partial charge in [-0.05, 0) is 49.8 Å². The molecule has 2 aromatic carbocycles. The summed E-state index contributed by atoms with van der Waals surface area (Å²) >= 11 is 0. The third-order valence-corrected chi connectivity index (χ3v) is 5.67. The number of rotatable bonds is 8. The van der Waals surface area contributed by atoms with Crippen LogP contribution in [0.3, 0.4) is 0 Å². The number of nitrogens with zero attached hydrogens (tertiary/aromatic N) is 1. The summed E-state index contributed by atoms with van der Waals surface area (Å²) in [6.07, 6.45) is 3.74. The summed E-state index contributed by atoms with van der Waals surface area (Å²) in [6, 6.07) is 16.2. The highest BCUT2D eigenvalue weighted by molar-refractivity contribution is 5.78. The lowest BCUT2D eigenvalue weighted by Crippen LogP contribution is -2.47. The standard InChI is InChI=1S/C25H32N2O3/c1-3-21-6-4-5-7-23(21)30-18-24(28)26-22-14-16-27(17-15-22)25(29)13-12-20-10-8-19(2)9-11-20/h4-11,22H,3,12-18H2,1-2H3,(H,26,28). The zero-order chi connectivity index (χ0) is 21.3. The normalized spacial score (nSPS) is 14.4. The number of piperidine rings is 1. The monoisotopic (exact) mass is 408 g/mol. The number of aryl methyl sites for hydroxylation is 3. The number of hydrogen-bond donors (Lipinski definition) is 1. The van der Waals surface area contributed by atoms with Crippen LogP contribution >= 0.6 is 0 Å². The molecule has 0 unspecified atom stereocenters. The zero-order valence-electron chi connectivity index (χ0n) is 18.0. The van der Waals surface area contributed by atoms with Gasteiger partial charge in [0.05, 0.1) is 0 Å². The molecule has 1 fully saturated rings. The van der Waals surface area contributed by atoms with Gasteiger partial charge < -0.3 is 15.0 Å². The van der Waals surface area contributed by atoms with E-state index in [1.807, 2.05) is 29.2 Å². The SMILES string of the molecule is CCc1ccccc1OCC(=O)NC1CCN(C(=O)CCc2ccc(C)cc2)CC1. The minimum atomic E-state index is -0.106. The van der Waals surface area contributed by atoms with Gasteiger partial charge >= 0.3 is 0 Å². The highest BCUT2D eigenvalue weighted by Crippen LogP contribution is 2.18. The molecule has 0 saturated carbocycles. The van der Waals surface area contributed by atoms with E-state index in [9.17, 15) is 9.59 Å². The molecule has 0 radical (unpaired) electrons. The average molecular weight is 409 g/mol. The molecule has 0 aromatic heterocycles. The topological polar surface area (TPSA) is 58.6 Å². The predicted molar refractivity (Wildman–Crippen MR) is 119 cm³/mol. The molecule has 5 nitrogen and oxygen atoms in total. The molecule has 30 heavy (non-hydrogen) atoms.